The fourth-order valence-electron chi connectivity index (χ4n) is 3.77. The summed E-state index contributed by atoms with van der Waals surface area (Å²) in [5.74, 6) is -1.27. The van der Waals surface area contributed by atoms with Gasteiger partial charge in [0.1, 0.15) is 5.82 Å². The number of hydrogen-bond donors (Lipinski definition) is 0. The van der Waals surface area contributed by atoms with E-state index in [0.29, 0.717) is 31.2 Å². The summed E-state index contributed by atoms with van der Waals surface area (Å²) in [6.45, 7) is 2.70. The van der Waals surface area contributed by atoms with Crippen LogP contribution in [0.3, 0.4) is 0 Å². The second kappa shape index (κ2) is 7.29. The van der Waals surface area contributed by atoms with Gasteiger partial charge in [-0.2, -0.15) is 0 Å². The molecule has 7 heteroatoms. The number of amides is 2. The van der Waals surface area contributed by atoms with Crippen molar-refractivity contribution in [2.24, 2.45) is 0 Å². The highest BCUT2D eigenvalue weighted by atomic mass is 35.5. The number of piperazine rings is 1. The number of carbonyl (C=O) groups is 2. The number of hydrogen-bond acceptors (Lipinski definition) is 4. The molecule has 2 aromatic carbocycles. The summed E-state index contributed by atoms with van der Waals surface area (Å²) in [5.41, 5.74) is 1.00. The van der Waals surface area contributed by atoms with Crippen molar-refractivity contribution >= 4 is 34.8 Å². The maximum atomic E-state index is 14.1. The second-order valence-corrected chi connectivity index (χ2v) is 7.12. The van der Waals surface area contributed by atoms with Crippen molar-refractivity contribution in [1.82, 2.24) is 4.90 Å². The van der Waals surface area contributed by atoms with E-state index < -0.39 is 11.9 Å². The molecule has 2 aliphatic rings. The Kier molecular flexibility index (Phi) is 4.85. The van der Waals surface area contributed by atoms with Crippen molar-refractivity contribution in [2.45, 2.75) is 12.5 Å². The molecule has 2 aromatic rings. The zero-order valence-corrected chi connectivity index (χ0v) is 15.4. The van der Waals surface area contributed by atoms with E-state index >= 15 is 0 Å². The van der Waals surface area contributed by atoms with Crippen molar-refractivity contribution in [2.75, 3.05) is 36.0 Å². The topological polar surface area (TPSA) is 43.9 Å². The first-order valence-corrected chi connectivity index (χ1v) is 9.29. The number of rotatable bonds is 3. The summed E-state index contributed by atoms with van der Waals surface area (Å²) in [5, 5.41) is 0.698. The maximum Gasteiger partial charge on any atom is 0.251 e. The van der Waals surface area contributed by atoms with Gasteiger partial charge in [0.2, 0.25) is 5.91 Å². The molecule has 0 bridgehead atoms. The highest BCUT2D eigenvalue weighted by molar-refractivity contribution is 6.33. The zero-order valence-electron chi connectivity index (χ0n) is 14.6. The molecule has 0 spiro atoms. The van der Waals surface area contributed by atoms with Crippen molar-refractivity contribution < 1.29 is 14.0 Å². The van der Waals surface area contributed by atoms with Crippen LogP contribution in [0.4, 0.5) is 15.8 Å². The third kappa shape index (κ3) is 3.31. The molecule has 0 N–H and O–H groups in total. The van der Waals surface area contributed by atoms with E-state index in [2.05, 4.69) is 4.90 Å². The Morgan fingerprint density at radius 2 is 1.52 bits per heavy atom. The molecule has 0 unspecified atom stereocenters. The molecule has 140 valence electrons. The molecule has 27 heavy (non-hydrogen) atoms. The molecular weight excluding hydrogens is 369 g/mol. The Labute approximate surface area is 161 Å². The van der Waals surface area contributed by atoms with Crippen molar-refractivity contribution in [3.8, 4) is 0 Å². The Morgan fingerprint density at radius 1 is 0.889 bits per heavy atom. The van der Waals surface area contributed by atoms with Gasteiger partial charge in [0, 0.05) is 26.2 Å². The lowest BCUT2D eigenvalue weighted by molar-refractivity contribution is -0.123. The largest absolute Gasteiger partial charge is 0.368 e. The third-order valence-electron chi connectivity index (χ3n) is 5.16. The van der Waals surface area contributed by atoms with Crippen LogP contribution in [0.1, 0.15) is 6.42 Å². The summed E-state index contributed by atoms with van der Waals surface area (Å²) < 4.78 is 14.1. The Balaban J connectivity index is 1.46. The van der Waals surface area contributed by atoms with Gasteiger partial charge in [-0.1, -0.05) is 35.9 Å². The van der Waals surface area contributed by atoms with Gasteiger partial charge in [0.25, 0.3) is 5.91 Å². The number of halogens is 2. The molecule has 0 saturated carbocycles. The predicted octanol–water partition coefficient (Wildman–Crippen LogP) is 2.93. The van der Waals surface area contributed by atoms with Gasteiger partial charge in [-0.15, -0.1) is 0 Å². The molecule has 0 aliphatic carbocycles. The van der Waals surface area contributed by atoms with Gasteiger partial charge in [-0.25, -0.2) is 9.29 Å². The van der Waals surface area contributed by atoms with Crippen molar-refractivity contribution in [3.63, 3.8) is 0 Å². The Bertz CT molecular complexity index is 883. The number of nitrogens with zero attached hydrogens (tertiary/aromatic N) is 3. The van der Waals surface area contributed by atoms with E-state index in [-0.39, 0.29) is 23.9 Å². The van der Waals surface area contributed by atoms with Crippen LogP contribution in [0.2, 0.25) is 5.02 Å². The van der Waals surface area contributed by atoms with Gasteiger partial charge >= 0.3 is 0 Å². The van der Waals surface area contributed by atoms with Gasteiger partial charge in [-0.05, 0) is 24.3 Å². The first-order chi connectivity index (χ1) is 13.1. The van der Waals surface area contributed by atoms with E-state index in [1.807, 2.05) is 29.2 Å². The van der Waals surface area contributed by atoms with Gasteiger partial charge in [0.05, 0.1) is 28.9 Å². The fourth-order valence-corrected chi connectivity index (χ4v) is 4.03. The average molecular weight is 388 g/mol. The first-order valence-electron chi connectivity index (χ1n) is 8.91. The predicted molar refractivity (Wildman–Crippen MR) is 103 cm³/mol. The van der Waals surface area contributed by atoms with Crippen LogP contribution in [0.15, 0.2) is 48.5 Å². The molecule has 0 aromatic heterocycles. The van der Waals surface area contributed by atoms with Gasteiger partial charge < -0.3 is 4.90 Å². The SMILES string of the molecule is O=C1C[C@H](N2CCN(c3ccccc3Cl)CC2)C(=O)N1c1ccccc1F. The lowest BCUT2D eigenvalue weighted by Crippen LogP contribution is -2.52. The molecule has 2 amide bonds. The summed E-state index contributed by atoms with van der Waals surface area (Å²) in [6.07, 6.45) is 0.0826. The lowest BCUT2D eigenvalue weighted by Gasteiger charge is -2.38. The summed E-state index contributed by atoms with van der Waals surface area (Å²) in [4.78, 5) is 30.4. The Morgan fingerprint density at radius 3 is 2.19 bits per heavy atom. The quantitative estimate of drug-likeness (QED) is 0.759. The van der Waals surface area contributed by atoms with E-state index in [1.165, 1.54) is 18.2 Å². The molecule has 0 radical (unpaired) electrons. The van der Waals surface area contributed by atoms with Crippen LogP contribution in [0, 0.1) is 5.82 Å². The van der Waals surface area contributed by atoms with Crippen LogP contribution >= 0.6 is 11.6 Å². The van der Waals surface area contributed by atoms with E-state index in [9.17, 15) is 14.0 Å². The maximum absolute atomic E-state index is 14.1. The van der Waals surface area contributed by atoms with E-state index in [0.717, 1.165) is 10.6 Å². The van der Waals surface area contributed by atoms with Crippen molar-refractivity contribution in [3.05, 3.63) is 59.4 Å². The molecule has 4 rings (SSSR count). The fraction of sp³-hybridized carbons (Fsp3) is 0.300. The number of benzene rings is 2. The Hall–Kier alpha value is -2.44. The molecule has 5 nitrogen and oxygen atoms in total. The van der Waals surface area contributed by atoms with Crippen LogP contribution in [0.25, 0.3) is 0 Å². The van der Waals surface area contributed by atoms with Gasteiger partial charge in [-0.3, -0.25) is 14.5 Å². The molecule has 2 heterocycles. The summed E-state index contributed by atoms with van der Waals surface area (Å²) >= 11 is 6.27. The molecule has 2 aliphatic heterocycles. The van der Waals surface area contributed by atoms with Crippen LogP contribution in [-0.4, -0.2) is 48.9 Å². The first kappa shape index (κ1) is 17.9. The van der Waals surface area contributed by atoms with E-state index in [4.69, 9.17) is 11.6 Å². The normalized spacial score (nSPS) is 21.2. The smallest absolute Gasteiger partial charge is 0.251 e. The number of anilines is 2. The number of para-hydroxylation sites is 2. The average Bonchev–Trinajstić information content (AvgIpc) is 2.97. The van der Waals surface area contributed by atoms with Crippen LogP contribution < -0.4 is 9.80 Å². The van der Waals surface area contributed by atoms with Crippen molar-refractivity contribution in [1.29, 1.82) is 0 Å². The molecular formula is C20H19ClFN3O2. The molecule has 2 saturated heterocycles. The number of imide groups is 1. The summed E-state index contributed by atoms with van der Waals surface area (Å²) in [7, 11) is 0. The monoisotopic (exact) mass is 387 g/mol. The standard InChI is InChI=1S/C20H19ClFN3O2/c21-14-5-1-3-7-16(14)23-9-11-24(12-10-23)18-13-19(26)25(20(18)27)17-8-4-2-6-15(17)22/h1-8,18H,9-13H2/t18-/m0/s1. The van der Waals surface area contributed by atoms with Gasteiger partial charge in [0.15, 0.2) is 0 Å². The van der Waals surface area contributed by atoms with Crippen LogP contribution in [-0.2, 0) is 9.59 Å². The zero-order chi connectivity index (χ0) is 19.0. The minimum Gasteiger partial charge on any atom is -0.368 e. The summed E-state index contributed by atoms with van der Waals surface area (Å²) in [6, 6.07) is 13.0. The minimum absolute atomic E-state index is 0.0321. The molecule has 2 fully saturated rings. The number of carbonyl (C=O) groups excluding carboxylic acids is 2. The third-order valence-corrected chi connectivity index (χ3v) is 5.48. The minimum atomic E-state index is -0.566. The van der Waals surface area contributed by atoms with Crippen LogP contribution in [0.5, 0.6) is 0 Å². The lowest BCUT2D eigenvalue weighted by atomic mass is 10.1. The second-order valence-electron chi connectivity index (χ2n) is 6.71. The highest BCUT2D eigenvalue weighted by Crippen LogP contribution is 2.30. The van der Waals surface area contributed by atoms with E-state index in [1.54, 1.807) is 6.07 Å². The highest BCUT2D eigenvalue weighted by Gasteiger charge is 2.44. The molecule has 1 atom stereocenters.